The van der Waals surface area contributed by atoms with E-state index in [9.17, 15) is 9.59 Å². The van der Waals surface area contributed by atoms with Crippen LogP contribution in [0, 0.1) is 0 Å². The van der Waals surface area contributed by atoms with Crippen LogP contribution in [0.3, 0.4) is 0 Å². The molecule has 0 amide bonds. The molecule has 0 aromatic heterocycles. The maximum absolute atomic E-state index is 10.7. The van der Waals surface area contributed by atoms with Gasteiger partial charge in [-0.25, -0.2) is 0 Å². The van der Waals surface area contributed by atoms with Crippen LogP contribution < -0.4 is 11.5 Å². The highest BCUT2D eigenvalue weighted by atomic mass is 16.4. The summed E-state index contributed by atoms with van der Waals surface area (Å²) in [5, 5.41) is 8.43. The van der Waals surface area contributed by atoms with Crippen molar-refractivity contribution in [2.75, 3.05) is 0 Å². The molecule has 0 aliphatic carbocycles. The van der Waals surface area contributed by atoms with Crippen molar-refractivity contribution in [1.82, 2.24) is 0 Å². The van der Waals surface area contributed by atoms with Crippen LogP contribution >= 0.6 is 0 Å². The number of rotatable bonds is 6. The zero-order valence-corrected chi connectivity index (χ0v) is 7.69. The average Bonchev–Trinajstić information content (AvgIpc) is 2.03. The van der Waals surface area contributed by atoms with Crippen molar-refractivity contribution in [2.45, 2.75) is 38.3 Å². The van der Waals surface area contributed by atoms with Crippen LogP contribution in [0.5, 0.6) is 0 Å². The first-order valence-corrected chi connectivity index (χ1v) is 4.19. The number of aliphatic carboxylic acids is 1. The molecule has 5 nitrogen and oxygen atoms in total. The number of hydrogen-bond donors (Lipinski definition) is 3. The summed E-state index contributed by atoms with van der Waals surface area (Å²) in [5.74, 6) is -1.10. The quantitative estimate of drug-likeness (QED) is 0.520. The molecule has 0 bridgehead atoms. The largest absolute Gasteiger partial charge is 0.480 e. The standard InChI is InChI=1S/C8H16N2O3/c1-5(11)6(9)3-2-4-7(10)8(12)13/h6-7H,2-4,9-10H2,1H3,(H,12,13). The first kappa shape index (κ1) is 12.1. The SMILES string of the molecule is CC(=O)C(N)CCCC(N)C(=O)O. The lowest BCUT2D eigenvalue weighted by Gasteiger charge is -2.08. The Labute approximate surface area is 77.1 Å². The third-order valence-electron chi connectivity index (χ3n) is 1.87. The summed E-state index contributed by atoms with van der Waals surface area (Å²) >= 11 is 0. The highest BCUT2D eigenvalue weighted by Gasteiger charge is 2.13. The Hall–Kier alpha value is -0.940. The van der Waals surface area contributed by atoms with Crippen molar-refractivity contribution in [3.05, 3.63) is 0 Å². The summed E-state index contributed by atoms with van der Waals surface area (Å²) in [6, 6.07) is -1.33. The lowest BCUT2D eigenvalue weighted by Crippen LogP contribution is -2.32. The lowest BCUT2D eigenvalue weighted by molar-refractivity contribution is -0.138. The van der Waals surface area contributed by atoms with Gasteiger partial charge in [0.05, 0.1) is 6.04 Å². The van der Waals surface area contributed by atoms with Crippen molar-refractivity contribution in [3.8, 4) is 0 Å². The molecule has 2 unspecified atom stereocenters. The van der Waals surface area contributed by atoms with Crippen LogP contribution in [0.1, 0.15) is 26.2 Å². The fourth-order valence-corrected chi connectivity index (χ4v) is 0.884. The Kier molecular flexibility index (Phi) is 5.25. The molecule has 0 aliphatic rings. The third-order valence-corrected chi connectivity index (χ3v) is 1.87. The molecule has 0 aromatic rings. The monoisotopic (exact) mass is 188 g/mol. The molecule has 0 spiro atoms. The van der Waals surface area contributed by atoms with E-state index in [4.69, 9.17) is 16.6 Å². The van der Waals surface area contributed by atoms with E-state index in [2.05, 4.69) is 0 Å². The molecule has 0 saturated heterocycles. The topological polar surface area (TPSA) is 106 Å². The number of Topliss-reactive ketones (excluding diaryl/α,β-unsaturated/α-hetero) is 1. The fourth-order valence-electron chi connectivity index (χ4n) is 0.884. The second-order valence-corrected chi connectivity index (χ2v) is 3.09. The molecule has 0 aromatic carbocycles. The van der Waals surface area contributed by atoms with Crippen molar-refractivity contribution in [1.29, 1.82) is 0 Å². The molecular weight excluding hydrogens is 172 g/mol. The Morgan fingerprint density at radius 1 is 1.23 bits per heavy atom. The molecule has 0 saturated carbocycles. The zero-order chi connectivity index (χ0) is 10.4. The molecular formula is C8H16N2O3. The normalized spacial score (nSPS) is 15.0. The van der Waals surface area contributed by atoms with E-state index in [1.165, 1.54) is 6.92 Å². The summed E-state index contributed by atoms with van der Waals surface area (Å²) in [5.41, 5.74) is 10.7. The molecule has 76 valence electrons. The summed E-state index contributed by atoms with van der Waals surface area (Å²) in [7, 11) is 0. The van der Waals surface area contributed by atoms with Crippen molar-refractivity contribution < 1.29 is 14.7 Å². The summed E-state index contributed by atoms with van der Waals surface area (Å²) in [6.45, 7) is 1.42. The minimum absolute atomic E-state index is 0.0797. The predicted octanol–water partition coefficient (Wildman–Crippen LogP) is -0.515. The molecule has 0 heterocycles. The highest BCUT2D eigenvalue weighted by molar-refractivity contribution is 5.81. The van der Waals surface area contributed by atoms with Gasteiger partial charge < -0.3 is 16.6 Å². The van der Waals surface area contributed by atoms with Crippen LogP contribution in [0.4, 0.5) is 0 Å². The van der Waals surface area contributed by atoms with Crippen molar-refractivity contribution in [3.63, 3.8) is 0 Å². The molecule has 13 heavy (non-hydrogen) atoms. The van der Waals surface area contributed by atoms with E-state index in [1.54, 1.807) is 0 Å². The summed E-state index contributed by atoms with van der Waals surface area (Å²) < 4.78 is 0. The minimum Gasteiger partial charge on any atom is -0.480 e. The smallest absolute Gasteiger partial charge is 0.320 e. The van der Waals surface area contributed by atoms with Crippen LogP contribution in [0.15, 0.2) is 0 Å². The van der Waals surface area contributed by atoms with Gasteiger partial charge in [0.1, 0.15) is 11.8 Å². The number of ketones is 1. The molecule has 0 aliphatic heterocycles. The molecule has 5 heteroatoms. The van der Waals surface area contributed by atoms with Gasteiger partial charge in [0.25, 0.3) is 0 Å². The number of carbonyl (C=O) groups excluding carboxylic acids is 1. The van der Waals surface area contributed by atoms with Gasteiger partial charge in [-0.1, -0.05) is 0 Å². The van der Waals surface area contributed by atoms with E-state index < -0.39 is 18.1 Å². The molecule has 2 atom stereocenters. The fraction of sp³-hybridized carbons (Fsp3) is 0.750. The number of carboxylic acids is 1. The third kappa shape index (κ3) is 5.32. The Morgan fingerprint density at radius 2 is 1.69 bits per heavy atom. The number of nitrogens with two attached hydrogens (primary N) is 2. The van der Waals surface area contributed by atoms with E-state index in [-0.39, 0.29) is 5.78 Å². The second kappa shape index (κ2) is 5.66. The van der Waals surface area contributed by atoms with Crippen molar-refractivity contribution >= 4 is 11.8 Å². The van der Waals surface area contributed by atoms with E-state index in [0.29, 0.717) is 19.3 Å². The van der Waals surface area contributed by atoms with Gasteiger partial charge in [-0.15, -0.1) is 0 Å². The summed E-state index contributed by atoms with van der Waals surface area (Å²) in [6.07, 6.45) is 1.42. The van der Waals surface area contributed by atoms with Gasteiger partial charge in [-0.2, -0.15) is 0 Å². The van der Waals surface area contributed by atoms with E-state index in [1.807, 2.05) is 0 Å². The van der Waals surface area contributed by atoms with Gasteiger partial charge in [0.15, 0.2) is 0 Å². The number of carbonyl (C=O) groups is 2. The molecule has 0 fully saturated rings. The van der Waals surface area contributed by atoms with E-state index >= 15 is 0 Å². The first-order chi connectivity index (χ1) is 5.95. The zero-order valence-electron chi connectivity index (χ0n) is 7.69. The van der Waals surface area contributed by atoms with Crippen molar-refractivity contribution in [2.24, 2.45) is 11.5 Å². The maximum Gasteiger partial charge on any atom is 0.320 e. The average molecular weight is 188 g/mol. The highest BCUT2D eigenvalue weighted by Crippen LogP contribution is 2.02. The van der Waals surface area contributed by atoms with Crippen LogP contribution in [-0.2, 0) is 9.59 Å². The van der Waals surface area contributed by atoms with E-state index in [0.717, 1.165) is 0 Å². The number of hydrogen-bond acceptors (Lipinski definition) is 4. The first-order valence-electron chi connectivity index (χ1n) is 4.19. The number of carboxylic acid groups (broad SMARTS) is 1. The Bertz CT molecular complexity index is 174. The van der Waals surface area contributed by atoms with Gasteiger partial charge >= 0.3 is 5.97 Å². The minimum atomic E-state index is -1.02. The Morgan fingerprint density at radius 3 is 2.08 bits per heavy atom. The van der Waals surface area contributed by atoms with Gasteiger partial charge in [0, 0.05) is 0 Å². The van der Waals surface area contributed by atoms with Gasteiger partial charge in [-0.3, -0.25) is 9.59 Å². The maximum atomic E-state index is 10.7. The van der Waals surface area contributed by atoms with Crippen LogP contribution in [-0.4, -0.2) is 28.9 Å². The van der Waals surface area contributed by atoms with Gasteiger partial charge in [0.2, 0.25) is 0 Å². The van der Waals surface area contributed by atoms with Crippen LogP contribution in [0.2, 0.25) is 0 Å². The lowest BCUT2D eigenvalue weighted by atomic mass is 10.0. The Balaban J connectivity index is 3.56. The molecule has 0 radical (unpaired) electrons. The summed E-state index contributed by atoms with van der Waals surface area (Å²) in [4.78, 5) is 21.0. The molecule has 0 rings (SSSR count). The van der Waals surface area contributed by atoms with Crippen LogP contribution in [0.25, 0.3) is 0 Å². The second-order valence-electron chi connectivity index (χ2n) is 3.09. The predicted molar refractivity (Wildman–Crippen MR) is 48.1 cm³/mol. The van der Waals surface area contributed by atoms with Gasteiger partial charge in [-0.05, 0) is 26.2 Å². The molecule has 5 N–H and O–H groups in total.